The summed E-state index contributed by atoms with van der Waals surface area (Å²) in [5, 5.41) is 12.2. The molecular formula is C29H35NO8. The van der Waals surface area contributed by atoms with E-state index in [0.29, 0.717) is 5.56 Å². The minimum absolute atomic E-state index is 0.00429. The van der Waals surface area contributed by atoms with Crippen molar-refractivity contribution in [3.05, 3.63) is 71.8 Å². The highest BCUT2D eigenvalue weighted by Crippen LogP contribution is 2.24. The van der Waals surface area contributed by atoms with Gasteiger partial charge in [-0.05, 0) is 24.0 Å². The number of hydrogen-bond donors (Lipinski definition) is 2. The Morgan fingerprint density at radius 1 is 0.816 bits per heavy atom. The number of nitrogens with one attached hydrogen (secondary N) is 1. The first-order valence-electron chi connectivity index (χ1n) is 12.6. The van der Waals surface area contributed by atoms with E-state index >= 15 is 0 Å². The first kappa shape index (κ1) is 30.2. The number of benzene rings is 2. The Labute approximate surface area is 222 Å². The molecule has 2 rings (SSSR count). The lowest BCUT2D eigenvalue weighted by Crippen LogP contribution is -2.40. The number of carboxylic acids is 1. The Morgan fingerprint density at radius 2 is 1.37 bits per heavy atom. The number of amides is 1. The zero-order valence-electron chi connectivity index (χ0n) is 21.9. The molecule has 0 aromatic heterocycles. The van der Waals surface area contributed by atoms with Gasteiger partial charge in [-0.1, -0.05) is 74.5 Å². The summed E-state index contributed by atoms with van der Waals surface area (Å²) in [4.78, 5) is 63.1. The van der Waals surface area contributed by atoms with E-state index in [0.717, 1.165) is 5.56 Å². The average Bonchev–Trinajstić information content (AvgIpc) is 2.89. The summed E-state index contributed by atoms with van der Waals surface area (Å²) in [6, 6.07) is 16.2. The van der Waals surface area contributed by atoms with Crippen molar-refractivity contribution in [2.24, 2.45) is 17.8 Å². The number of rotatable bonds is 15. The molecule has 2 N–H and O–H groups in total. The summed E-state index contributed by atoms with van der Waals surface area (Å²) >= 11 is 0. The summed E-state index contributed by atoms with van der Waals surface area (Å²) in [5.74, 6) is -6.07. The van der Waals surface area contributed by atoms with E-state index in [9.17, 15) is 29.1 Å². The van der Waals surface area contributed by atoms with E-state index in [1.807, 2.05) is 6.07 Å². The van der Waals surface area contributed by atoms with Gasteiger partial charge < -0.3 is 19.9 Å². The van der Waals surface area contributed by atoms with Gasteiger partial charge in [0.1, 0.15) is 12.6 Å². The second-order valence-electron chi connectivity index (χ2n) is 9.27. The fourth-order valence-electron chi connectivity index (χ4n) is 3.87. The van der Waals surface area contributed by atoms with Gasteiger partial charge in [-0.3, -0.25) is 24.0 Å². The first-order valence-corrected chi connectivity index (χ1v) is 12.6. The molecule has 0 aliphatic rings. The number of ketones is 1. The number of hydrogen-bond acceptors (Lipinski definition) is 7. The van der Waals surface area contributed by atoms with Crippen molar-refractivity contribution in [3.8, 4) is 0 Å². The van der Waals surface area contributed by atoms with Crippen LogP contribution in [-0.2, 0) is 40.1 Å². The molecular weight excluding hydrogens is 490 g/mol. The molecule has 0 bridgehead atoms. The fraction of sp³-hybridized carbons (Fsp3) is 0.414. The standard InChI is InChI=1S/C29H35NO8/c1-4-37-25(32)15-22(16-26(33)38-18-20-11-7-5-8-12-20)28(34)30-27(21-13-9-6-10-14-21)24(31)17-23(19(2)3)29(35)36/h5-14,19,22-23,27H,4,15-18H2,1-3H3,(H,30,34)(H,35,36)/t22-,23+,27+/m1/s1. The Hall–Kier alpha value is -4.01. The van der Waals surface area contributed by atoms with Crippen LogP contribution in [0.4, 0.5) is 0 Å². The lowest BCUT2D eigenvalue weighted by molar-refractivity contribution is -0.151. The van der Waals surface area contributed by atoms with Crippen molar-refractivity contribution in [1.29, 1.82) is 0 Å². The van der Waals surface area contributed by atoms with E-state index in [4.69, 9.17) is 9.47 Å². The lowest BCUT2D eigenvalue weighted by Gasteiger charge is -2.24. The van der Waals surface area contributed by atoms with Crippen LogP contribution in [0.25, 0.3) is 0 Å². The summed E-state index contributed by atoms with van der Waals surface area (Å²) < 4.78 is 10.3. The molecule has 9 heteroatoms. The molecule has 9 nitrogen and oxygen atoms in total. The molecule has 0 aliphatic carbocycles. The summed E-state index contributed by atoms with van der Waals surface area (Å²) in [6.07, 6.45) is -1.09. The maximum absolute atomic E-state index is 13.3. The number of aliphatic carboxylic acids is 1. The molecule has 204 valence electrons. The van der Waals surface area contributed by atoms with Crippen molar-refractivity contribution in [1.82, 2.24) is 5.32 Å². The van der Waals surface area contributed by atoms with Crippen molar-refractivity contribution in [2.75, 3.05) is 6.61 Å². The molecule has 2 aromatic carbocycles. The molecule has 2 aromatic rings. The second kappa shape index (κ2) is 15.3. The van der Waals surface area contributed by atoms with Gasteiger partial charge in [-0.2, -0.15) is 0 Å². The average molecular weight is 526 g/mol. The Bertz CT molecular complexity index is 1080. The minimum Gasteiger partial charge on any atom is -0.481 e. The van der Waals surface area contributed by atoms with Gasteiger partial charge in [-0.25, -0.2) is 0 Å². The third-order valence-corrected chi connectivity index (χ3v) is 6.03. The van der Waals surface area contributed by atoms with Crippen LogP contribution in [0.1, 0.15) is 57.2 Å². The number of esters is 2. The van der Waals surface area contributed by atoms with Gasteiger partial charge in [0.05, 0.1) is 31.3 Å². The van der Waals surface area contributed by atoms with Crippen LogP contribution in [0.15, 0.2) is 60.7 Å². The molecule has 0 aliphatic heterocycles. The Balaban J connectivity index is 2.22. The molecule has 0 heterocycles. The molecule has 3 atom stereocenters. The van der Waals surface area contributed by atoms with Gasteiger partial charge in [0.15, 0.2) is 5.78 Å². The Morgan fingerprint density at radius 3 is 1.89 bits per heavy atom. The Kier molecular flexibility index (Phi) is 12.2. The smallest absolute Gasteiger partial charge is 0.307 e. The van der Waals surface area contributed by atoms with Crippen molar-refractivity contribution in [3.63, 3.8) is 0 Å². The zero-order valence-corrected chi connectivity index (χ0v) is 21.9. The van der Waals surface area contributed by atoms with E-state index in [-0.39, 0.29) is 32.0 Å². The van der Waals surface area contributed by atoms with Gasteiger partial charge in [0.25, 0.3) is 0 Å². The zero-order chi connectivity index (χ0) is 28.1. The van der Waals surface area contributed by atoms with Crippen molar-refractivity contribution in [2.45, 2.75) is 52.7 Å². The third-order valence-electron chi connectivity index (χ3n) is 6.03. The quantitative estimate of drug-likeness (QED) is 0.335. The third kappa shape index (κ3) is 9.80. The molecule has 38 heavy (non-hydrogen) atoms. The molecule has 0 saturated carbocycles. The molecule has 0 fully saturated rings. The van der Waals surface area contributed by atoms with Gasteiger partial charge >= 0.3 is 17.9 Å². The van der Waals surface area contributed by atoms with Crippen LogP contribution in [-0.4, -0.2) is 41.3 Å². The number of Topliss-reactive ketones (excluding diaryl/α,β-unsaturated/α-hetero) is 1. The fourth-order valence-corrected chi connectivity index (χ4v) is 3.87. The van der Waals surface area contributed by atoms with Gasteiger partial charge in [0.2, 0.25) is 5.91 Å². The summed E-state index contributed by atoms with van der Waals surface area (Å²) in [7, 11) is 0. The maximum atomic E-state index is 13.3. The van der Waals surface area contributed by atoms with E-state index in [1.54, 1.807) is 75.4 Å². The SMILES string of the molecule is CCOC(=O)C[C@H](CC(=O)OCc1ccccc1)C(=O)N[C@H](C(=O)C[C@H](C(=O)O)C(C)C)c1ccccc1. The number of carbonyl (C=O) groups excluding carboxylic acids is 4. The number of carbonyl (C=O) groups is 5. The number of carboxylic acid groups (broad SMARTS) is 1. The number of ether oxygens (including phenoxy) is 2. The highest BCUT2D eigenvalue weighted by Gasteiger charge is 2.33. The van der Waals surface area contributed by atoms with Crippen LogP contribution >= 0.6 is 0 Å². The van der Waals surface area contributed by atoms with Crippen LogP contribution < -0.4 is 5.32 Å². The largest absolute Gasteiger partial charge is 0.481 e. The van der Waals surface area contributed by atoms with Gasteiger partial charge in [0, 0.05) is 6.42 Å². The van der Waals surface area contributed by atoms with Crippen LogP contribution in [0.2, 0.25) is 0 Å². The van der Waals surface area contributed by atoms with E-state index in [2.05, 4.69) is 5.32 Å². The van der Waals surface area contributed by atoms with E-state index in [1.165, 1.54) is 0 Å². The monoisotopic (exact) mass is 525 g/mol. The second-order valence-corrected chi connectivity index (χ2v) is 9.27. The predicted octanol–water partition coefficient (Wildman–Crippen LogP) is 3.86. The molecule has 1 amide bonds. The normalized spacial score (nSPS) is 13.2. The maximum Gasteiger partial charge on any atom is 0.307 e. The minimum atomic E-state index is -1.16. The molecule has 0 spiro atoms. The molecule has 0 saturated heterocycles. The molecule has 0 unspecified atom stereocenters. The highest BCUT2D eigenvalue weighted by molar-refractivity contribution is 5.94. The van der Waals surface area contributed by atoms with Crippen LogP contribution in [0, 0.1) is 17.8 Å². The van der Waals surface area contributed by atoms with Crippen molar-refractivity contribution >= 4 is 29.6 Å². The summed E-state index contributed by atoms with van der Waals surface area (Å²) in [6.45, 7) is 5.14. The van der Waals surface area contributed by atoms with Crippen LogP contribution in [0.5, 0.6) is 0 Å². The van der Waals surface area contributed by atoms with E-state index < -0.39 is 53.9 Å². The first-order chi connectivity index (χ1) is 18.1. The predicted molar refractivity (Wildman–Crippen MR) is 139 cm³/mol. The van der Waals surface area contributed by atoms with Crippen LogP contribution in [0.3, 0.4) is 0 Å². The lowest BCUT2D eigenvalue weighted by atomic mass is 9.87. The highest BCUT2D eigenvalue weighted by atomic mass is 16.5. The van der Waals surface area contributed by atoms with Crippen molar-refractivity contribution < 1.29 is 38.6 Å². The topological polar surface area (TPSA) is 136 Å². The summed E-state index contributed by atoms with van der Waals surface area (Å²) in [5.41, 5.74) is 1.22. The molecule has 0 radical (unpaired) electrons. The van der Waals surface area contributed by atoms with Gasteiger partial charge in [-0.15, -0.1) is 0 Å².